The molecule has 7 nitrogen and oxygen atoms in total. The van der Waals surface area contributed by atoms with E-state index in [1.807, 2.05) is 5.48 Å². The fourth-order valence-electron chi connectivity index (χ4n) is 2.17. The summed E-state index contributed by atoms with van der Waals surface area (Å²) < 4.78 is 17.8. The zero-order chi connectivity index (χ0) is 14.1. The normalized spacial score (nSPS) is 17.4. The van der Waals surface area contributed by atoms with Crippen LogP contribution in [0.3, 0.4) is 0 Å². The van der Waals surface area contributed by atoms with Gasteiger partial charge in [-0.05, 0) is 40.0 Å². The SMILES string of the molecule is CNc1nonc1C(=NC1Cc2ccc(F)cc21)NO. The van der Waals surface area contributed by atoms with Gasteiger partial charge in [-0.2, -0.15) is 0 Å². The number of anilines is 1. The second-order valence-electron chi connectivity index (χ2n) is 4.36. The van der Waals surface area contributed by atoms with Crippen LogP contribution in [0.4, 0.5) is 10.2 Å². The molecule has 1 aliphatic carbocycles. The number of hydroxylamine groups is 1. The summed E-state index contributed by atoms with van der Waals surface area (Å²) >= 11 is 0. The number of halogens is 1. The number of rotatable bonds is 3. The van der Waals surface area contributed by atoms with E-state index in [0.717, 1.165) is 11.1 Å². The third-order valence-corrected chi connectivity index (χ3v) is 3.22. The summed E-state index contributed by atoms with van der Waals surface area (Å²) in [4.78, 5) is 4.32. The zero-order valence-corrected chi connectivity index (χ0v) is 10.6. The summed E-state index contributed by atoms with van der Waals surface area (Å²) in [7, 11) is 1.64. The van der Waals surface area contributed by atoms with Crippen LogP contribution >= 0.6 is 0 Å². The average Bonchev–Trinajstić information content (AvgIpc) is 2.91. The van der Waals surface area contributed by atoms with Crippen molar-refractivity contribution in [3.05, 3.63) is 40.8 Å². The second-order valence-corrected chi connectivity index (χ2v) is 4.36. The Hall–Kier alpha value is -2.48. The second kappa shape index (κ2) is 4.89. The molecule has 0 spiro atoms. The van der Waals surface area contributed by atoms with E-state index in [-0.39, 0.29) is 23.4 Å². The molecule has 2 aromatic rings. The van der Waals surface area contributed by atoms with Gasteiger partial charge in [-0.25, -0.2) is 9.02 Å². The van der Waals surface area contributed by atoms with Crippen LogP contribution in [0.5, 0.6) is 0 Å². The first kappa shape index (κ1) is 12.5. The van der Waals surface area contributed by atoms with Crippen LogP contribution in [0.1, 0.15) is 22.9 Å². The first-order valence-electron chi connectivity index (χ1n) is 6.00. The monoisotopic (exact) mass is 277 g/mol. The van der Waals surface area contributed by atoms with Crippen LogP contribution in [-0.2, 0) is 6.42 Å². The molecule has 104 valence electrons. The molecule has 1 aromatic heterocycles. The topological polar surface area (TPSA) is 95.6 Å². The van der Waals surface area contributed by atoms with Crippen molar-refractivity contribution in [2.75, 3.05) is 12.4 Å². The van der Waals surface area contributed by atoms with Gasteiger partial charge in [-0.15, -0.1) is 0 Å². The highest BCUT2D eigenvalue weighted by Crippen LogP contribution is 2.36. The van der Waals surface area contributed by atoms with Crippen LogP contribution in [0.15, 0.2) is 27.8 Å². The average molecular weight is 277 g/mol. The highest BCUT2D eigenvalue weighted by atomic mass is 19.1. The van der Waals surface area contributed by atoms with Gasteiger partial charge in [0.25, 0.3) is 0 Å². The molecule has 3 N–H and O–H groups in total. The molecule has 1 aromatic carbocycles. The van der Waals surface area contributed by atoms with Gasteiger partial charge in [0.15, 0.2) is 11.5 Å². The fraction of sp³-hybridized carbons (Fsp3) is 0.250. The predicted octanol–water partition coefficient (Wildman–Crippen LogP) is 1.27. The van der Waals surface area contributed by atoms with Crippen LogP contribution in [0.25, 0.3) is 0 Å². The van der Waals surface area contributed by atoms with E-state index in [0.29, 0.717) is 12.2 Å². The maximum Gasteiger partial charge on any atom is 0.202 e. The molecule has 3 rings (SSSR count). The zero-order valence-electron chi connectivity index (χ0n) is 10.6. The Balaban J connectivity index is 1.92. The summed E-state index contributed by atoms with van der Waals surface area (Å²) in [6.07, 6.45) is 0.682. The largest absolute Gasteiger partial charge is 0.368 e. The Morgan fingerprint density at radius 3 is 3.10 bits per heavy atom. The number of hydrogen-bond acceptors (Lipinski definition) is 6. The minimum absolute atomic E-state index is 0.121. The van der Waals surface area contributed by atoms with Gasteiger partial charge in [0.2, 0.25) is 5.82 Å². The van der Waals surface area contributed by atoms with Crippen molar-refractivity contribution in [1.29, 1.82) is 0 Å². The molecule has 20 heavy (non-hydrogen) atoms. The molecular formula is C12H12FN5O2. The lowest BCUT2D eigenvalue weighted by atomic mass is 9.83. The summed E-state index contributed by atoms with van der Waals surface area (Å²) in [6, 6.07) is 4.38. The van der Waals surface area contributed by atoms with Gasteiger partial charge in [0.1, 0.15) is 5.82 Å². The van der Waals surface area contributed by atoms with Crippen LogP contribution < -0.4 is 10.8 Å². The highest BCUT2D eigenvalue weighted by Gasteiger charge is 2.28. The predicted molar refractivity (Wildman–Crippen MR) is 68.1 cm³/mol. The van der Waals surface area contributed by atoms with Crippen LogP contribution in [-0.4, -0.2) is 28.4 Å². The summed E-state index contributed by atoms with van der Waals surface area (Å²) in [5.74, 6) is 0.167. The lowest BCUT2D eigenvalue weighted by molar-refractivity contribution is 0.232. The van der Waals surface area contributed by atoms with E-state index < -0.39 is 0 Å². The van der Waals surface area contributed by atoms with Crippen LogP contribution in [0.2, 0.25) is 0 Å². The Labute approximate surface area is 113 Å². The number of hydrogen-bond donors (Lipinski definition) is 3. The van der Waals surface area contributed by atoms with Crippen LogP contribution in [0, 0.1) is 5.82 Å². The van der Waals surface area contributed by atoms with Gasteiger partial charge in [0.05, 0.1) is 6.04 Å². The van der Waals surface area contributed by atoms with E-state index in [9.17, 15) is 9.60 Å². The molecule has 0 fully saturated rings. The number of aliphatic imine (C=N–C) groups is 1. The Morgan fingerprint density at radius 2 is 2.35 bits per heavy atom. The molecular weight excluding hydrogens is 265 g/mol. The van der Waals surface area contributed by atoms with Crippen molar-refractivity contribution < 1.29 is 14.2 Å². The van der Waals surface area contributed by atoms with Crippen molar-refractivity contribution in [1.82, 2.24) is 15.8 Å². The maximum absolute atomic E-state index is 13.2. The minimum atomic E-state index is -0.304. The molecule has 0 saturated carbocycles. The molecule has 1 atom stereocenters. The van der Waals surface area contributed by atoms with E-state index in [2.05, 4.69) is 25.3 Å². The summed E-state index contributed by atoms with van der Waals surface area (Å²) in [5, 5.41) is 19.3. The van der Waals surface area contributed by atoms with Crippen molar-refractivity contribution >= 4 is 11.7 Å². The maximum atomic E-state index is 13.2. The minimum Gasteiger partial charge on any atom is -0.368 e. The number of nitrogens with zero attached hydrogens (tertiary/aromatic N) is 3. The molecule has 0 bridgehead atoms. The lowest BCUT2D eigenvalue weighted by Crippen LogP contribution is -2.26. The van der Waals surface area contributed by atoms with Gasteiger partial charge in [-0.3, -0.25) is 15.7 Å². The standard InChI is InChI=1S/C12H12FN5O2/c1-14-11-10(17-20-18-11)12(16-19)15-9-4-6-2-3-7(13)5-8(6)9/h2-3,5,9,19H,4H2,1H3,(H,14,18)(H,15,16). The van der Waals surface area contributed by atoms with Crippen molar-refractivity contribution in [2.24, 2.45) is 4.99 Å². The molecule has 8 heteroatoms. The van der Waals surface area contributed by atoms with E-state index in [1.54, 1.807) is 13.1 Å². The Morgan fingerprint density at radius 1 is 1.50 bits per heavy atom. The molecule has 0 aliphatic heterocycles. The number of fused-ring (bicyclic) bond motifs is 1. The van der Waals surface area contributed by atoms with Crippen molar-refractivity contribution in [3.8, 4) is 0 Å². The molecule has 0 amide bonds. The molecule has 1 unspecified atom stereocenters. The van der Waals surface area contributed by atoms with Crippen molar-refractivity contribution in [2.45, 2.75) is 12.5 Å². The quantitative estimate of drug-likeness (QED) is 0.444. The molecule has 1 aliphatic rings. The number of amidine groups is 1. The van der Waals surface area contributed by atoms with Gasteiger partial charge in [0, 0.05) is 7.05 Å². The van der Waals surface area contributed by atoms with E-state index in [1.165, 1.54) is 12.1 Å². The van der Waals surface area contributed by atoms with Gasteiger partial charge >= 0.3 is 0 Å². The lowest BCUT2D eigenvalue weighted by Gasteiger charge is -2.27. The van der Waals surface area contributed by atoms with Crippen molar-refractivity contribution in [3.63, 3.8) is 0 Å². The molecule has 1 heterocycles. The fourth-order valence-corrected chi connectivity index (χ4v) is 2.17. The summed E-state index contributed by atoms with van der Waals surface area (Å²) in [6.45, 7) is 0. The number of aromatic nitrogens is 2. The van der Waals surface area contributed by atoms with E-state index in [4.69, 9.17) is 0 Å². The Bertz CT molecular complexity index is 670. The third kappa shape index (κ3) is 1.99. The first-order valence-corrected chi connectivity index (χ1v) is 6.00. The smallest absolute Gasteiger partial charge is 0.202 e. The number of nitrogens with one attached hydrogen (secondary N) is 2. The Kier molecular flexibility index (Phi) is 3.07. The number of benzene rings is 1. The molecule has 0 radical (unpaired) electrons. The van der Waals surface area contributed by atoms with E-state index >= 15 is 0 Å². The first-order chi connectivity index (χ1) is 9.72. The highest BCUT2D eigenvalue weighted by molar-refractivity contribution is 6.00. The summed E-state index contributed by atoms with van der Waals surface area (Å²) in [5.41, 5.74) is 4.09. The van der Waals surface area contributed by atoms with Gasteiger partial charge in [-0.1, -0.05) is 6.07 Å². The molecule has 0 saturated heterocycles. The van der Waals surface area contributed by atoms with Gasteiger partial charge < -0.3 is 5.32 Å². The third-order valence-electron chi connectivity index (χ3n) is 3.22.